The van der Waals surface area contributed by atoms with Crippen LogP contribution in [-0.4, -0.2) is 53.9 Å². The molecule has 1 N–H and O–H groups in total. The van der Waals surface area contributed by atoms with Gasteiger partial charge in [0, 0.05) is 13.1 Å². The van der Waals surface area contributed by atoms with Crippen molar-refractivity contribution in [3.8, 4) is 0 Å². The Balaban J connectivity index is 2.11. The van der Waals surface area contributed by atoms with Gasteiger partial charge in [-0.1, -0.05) is 26.0 Å². The zero-order valence-electron chi connectivity index (χ0n) is 18.7. The number of carbonyl (C=O) groups is 3. The monoisotopic (exact) mass is 447 g/mol. The second kappa shape index (κ2) is 12.5. The van der Waals surface area contributed by atoms with E-state index >= 15 is 0 Å². The first-order valence-corrected chi connectivity index (χ1v) is 10.5. The lowest BCUT2D eigenvalue weighted by molar-refractivity contribution is -0.141. The van der Waals surface area contributed by atoms with Crippen molar-refractivity contribution in [2.45, 2.75) is 33.9 Å². The van der Waals surface area contributed by atoms with Crippen LogP contribution in [0.5, 0.6) is 0 Å². The summed E-state index contributed by atoms with van der Waals surface area (Å²) in [5, 5.41) is 2.50. The molecule has 0 fully saturated rings. The van der Waals surface area contributed by atoms with Gasteiger partial charge in [0.1, 0.15) is 24.7 Å². The fraction of sp³-hybridized carbons (Fsp3) is 0.435. The zero-order valence-corrected chi connectivity index (χ0v) is 18.7. The Labute approximate surface area is 187 Å². The lowest BCUT2D eigenvalue weighted by atomic mass is 10.2. The molecule has 1 aromatic carbocycles. The molecule has 1 aromatic heterocycles. The molecule has 0 aliphatic heterocycles. The van der Waals surface area contributed by atoms with E-state index < -0.39 is 12.0 Å². The van der Waals surface area contributed by atoms with Crippen LogP contribution in [0.2, 0.25) is 0 Å². The van der Waals surface area contributed by atoms with Crippen LogP contribution in [0.15, 0.2) is 47.1 Å². The van der Waals surface area contributed by atoms with Crippen LogP contribution >= 0.6 is 0 Å². The second-order valence-electron chi connectivity index (χ2n) is 7.69. The number of esters is 1. The molecule has 0 saturated heterocycles. The number of hydrogen-bond donors (Lipinski definition) is 1. The Hall–Kier alpha value is -3.36. The van der Waals surface area contributed by atoms with Gasteiger partial charge in [0.2, 0.25) is 5.91 Å². The van der Waals surface area contributed by atoms with E-state index in [4.69, 9.17) is 9.15 Å². The van der Waals surface area contributed by atoms with Crippen molar-refractivity contribution in [3.63, 3.8) is 0 Å². The van der Waals surface area contributed by atoms with Gasteiger partial charge in [-0.25, -0.2) is 9.18 Å². The first-order valence-electron chi connectivity index (χ1n) is 10.5. The number of urea groups is 1. The number of hydrogen-bond acceptors (Lipinski definition) is 5. The minimum absolute atomic E-state index is 0.103. The summed E-state index contributed by atoms with van der Waals surface area (Å²) in [6, 6.07) is 8.83. The quantitative estimate of drug-likeness (QED) is 0.534. The highest BCUT2D eigenvalue weighted by Gasteiger charge is 2.23. The normalized spacial score (nSPS) is 10.7. The molecule has 8 nitrogen and oxygen atoms in total. The predicted molar refractivity (Wildman–Crippen MR) is 116 cm³/mol. The standard InChI is InChI=1S/C23H30FN3O5/c1-4-31-22(29)12-25-23(30)27(13-17(2)3)16-21(28)26(15-20-6-5-11-32-20)14-18-7-9-19(24)10-8-18/h5-11,17H,4,12-16H2,1-3H3,(H,25,30). The fourth-order valence-electron chi connectivity index (χ4n) is 3.03. The number of benzene rings is 1. The van der Waals surface area contributed by atoms with Gasteiger partial charge in [-0.15, -0.1) is 0 Å². The smallest absolute Gasteiger partial charge is 0.325 e. The van der Waals surface area contributed by atoms with Gasteiger partial charge in [-0.3, -0.25) is 9.59 Å². The summed E-state index contributed by atoms with van der Waals surface area (Å²) in [5.41, 5.74) is 0.744. The first-order chi connectivity index (χ1) is 15.3. The zero-order chi connectivity index (χ0) is 23.5. The molecule has 32 heavy (non-hydrogen) atoms. The third-order valence-corrected chi connectivity index (χ3v) is 4.45. The molecule has 0 spiro atoms. The van der Waals surface area contributed by atoms with Crippen molar-refractivity contribution in [3.05, 3.63) is 59.8 Å². The van der Waals surface area contributed by atoms with Gasteiger partial charge in [0.25, 0.3) is 0 Å². The molecule has 9 heteroatoms. The van der Waals surface area contributed by atoms with Gasteiger partial charge in [-0.05, 0) is 42.7 Å². The Morgan fingerprint density at radius 2 is 1.81 bits per heavy atom. The minimum Gasteiger partial charge on any atom is -0.467 e. The molecule has 0 bridgehead atoms. The molecule has 0 aliphatic rings. The summed E-state index contributed by atoms with van der Waals surface area (Å²) < 4.78 is 23.5. The van der Waals surface area contributed by atoms with Crippen LogP contribution in [0.4, 0.5) is 9.18 Å². The Morgan fingerprint density at radius 1 is 1.09 bits per heavy atom. The highest BCUT2D eigenvalue weighted by Crippen LogP contribution is 2.13. The van der Waals surface area contributed by atoms with Crippen molar-refractivity contribution < 1.29 is 27.9 Å². The SMILES string of the molecule is CCOC(=O)CNC(=O)N(CC(=O)N(Cc1ccc(F)cc1)Cc1ccco1)CC(C)C. The highest BCUT2D eigenvalue weighted by atomic mass is 19.1. The largest absolute Gasteiger partial charge is 0.467 e. The number of carbonyl (C=O) groups excluding carboxylic acids is 3. The van der Waals surface area contributed by atoms with Gasteiger partial charge in [0.15, 0.2) is 0 Å². The predicted octanol–water partition coefficient (Wildman–Crippen LogP) is 3.18. The average Bonchev–Trinajstić information content (AvgIpc) is 3.25. The van der Waals surface area contributed by atoms with Crippen LogP contribution < -0.4 is 5.32 Å². The van der Waals surface area contributed by atoms with E-state index in [0.29, 0.717) is 12.3 Å². The Bertz CT molecular complexity index is 868. The number of nitrogens with one attached hydrogen (secondary N) is 1. The number of nitrogens with zero attached hydrogens (tertiary/aromatic N) is 2. The van der Waals surface area contributed by atoms with E-state index in [1.807, 2.05) is 13.8 Å². The lowest BCUT2D eigenvalue weighted by Crippen LogP contribution is -2.48. The van der Waals surface area contributed by atoms with Gasteiger partial charge in [0.05, 0.1) is 19.4 Å². The molecule has 1 heterocycles. The highest BCUT2D eigenvalue weighted by molar-refractivity contribution is 5.86. The van der Waals surface area contributed by atoms with Crippen molar-refractivity contribution >= 4 is 17.9 Å². The van der Waals surface area contributed by atoms with E-state index in [1.165, 1.54) is 28.2 Å². The molecular weight excluding hydrogens is 417 g/mol. The summed E-state index contributed by atoms with van der Waals surface area (Å²) >= 11 is 0. The molecule has 0 atom stereocenters. The Kier molecular flexibility index (Phi) is 9.72. The van der Waals surface area contributed by atoms with E-state index in [2.05, 4.69) is 5.32 Å². The molecule has 0 aliphatic carbocycles. The summed E-state index contributed by atoms with van der Waals surface area (Å²) in [6.45, 7) is 6.03. The molecule has 2 aromatic rings. The fourth-order valence-corrected chi connectivity index (χ4v) is 3.03. The average molecular weight is 448 g/mol. The summed E-state index contributed by atoms with van der Waals surface area (Å²) in [6.07, 6.45) is 1.52. The number of rotatable bonds is 11. The minimum atomic E-state index is -0.549. The van der Waals surface area contributed by atoms with E-state index in [1.54, 1.807) is 31.2 Å². The molecule has 0 saturated carbocycles. The maximum Gasteiger partial charge on any atom is 0.325 e. The summed E-state index contributed by atoms with van der Waals surface area (Å²) in [5.74, 6) is -0.529. The molecule has 2 rings (SSSR count). The molecular formula is C23H30FN3O5. The van der Waals surface area contributed by atoms with Crippen molar-refractivity contribution in [1.29, 1.82) is 0 Å². The maximum absolute atomic E-state index is 13.3. The van der Waals surface area contributed by atoms with Crippen LogP contribution in [0.1, 0.15) is 32.1 Å². The molecule has 3 amide bonds. The summed E-state index contributed by atoms with van der Waals surface area (Å²) in [7, 11) is 0. The molecule has 174 valence electrons. The van der Waals surface area contributed by atoms with Crippen molar-refractivity contribution in [1.82, 2.24) is 15.1 Å². The number of amides is 3. The molecule has 0 unspecified atom stereocenters. The Morgan fingerprint density at radius 3 is 2.41 bits per heavy atom. The third-order valence-electron chi connectivity index (χ3n) is 4.45. The van der Waals surface area contributed by atoms with Crippen molar-refractivity contribution in [2.75, 3.05) is 26.2 Å². The third kappa shape index (κ3) is 8.41. The maximum atomic E-state index is 13.3. The van der Waals surface area contributed by atoms with Gasteiger partial charge in [-0.2, -0.15) is 0 Å². The van der Waals surface area contributed by atoms with Crippen molar-refractivity contribution in [2.24, 2.45) is 5.92 Å². The van der Waals surface area contributed by atoms with Crippen LogP contribution in [0.3, 0.4) is 0 Å². The van der Waals surface area contributed by atoms with E-state index in [0.717, 1.165) is 5.56 Å². The van der Waals surface area contributed by atoms with E-state index in [-0.39, 0.29) is 50.4 Å². The topological polar surface area (TPSA) is 92.1 Å². The van der Waals surface area contributed by atoms with Gasteiger partial charge >= 0.3 is 12.0 Å². The van der Waals surface area contributed by atoms with Crippen LogP contribution in [-0.2, 0) is 27.4 Å². The number of ether oxygens (including phenoxy) is 1. The number of halogens is 1. The van der Waals surface area contributed by atoms with Crippen LogP contribution in [0.25, 0.3) is 0 Å². The van der Waals surface area contributed by atoms with Gasteiger partial charge < -0.3 is 24.3 Å². The second-order valence-corrected chi connectivity index (χ2v) is 7.69. The number of furan rings is 1. The van der Waals surface area contributed by atoms with Crippen LogP contribution in [0, 0.1) is 11.7 Å². The van der Waals surface area contributed by atoms with E-state index in [9.17, 15) is 18.8 Å². The summed E-state index contributed by atoms with van der Waals surface area (Å²) in [4.78, 5) is 40.3. The lowest BCUT2D eigenvalue weighted by Gasteiger charge is -2.28. The molecule has 0 radical (unpaired) electrons. The first kappa shape index (κ1) is 24.9.